The molecular weight excluding hydrogens is 320 g/mol. The van der Waals surface area contributed by atoms with Gasteiger partial charge in [0.2, 0.25) is 0 Å². The number of carbonyl (C=O) groups excluding carboxylic acids is 2. The third-order valence-electron chi connectivity index (χ3n) is 3.28. The van der Waals surface area contributed by atoms with E-state index in [1.807, 2.05) is 6.29 Å². The highest BCUT2D eigenvalue weighted by Crippen LogP contribution is 2.37. The van der Waals surface area contributed by atoms with Crippen molar-refractivity contribution >= 4 is 22.1 Å². The standard InChI is InChI=1S/C16H19O6S/c1-16(2,3)22-15(18)10-23(19,20)12-4-5-14-13(8-12)11(6-7-17)9-21-14/h4-5,8,11H,6,9-10H2,1-3H3. The number of ether oxygens (including phenoxy) is 2. The number of hydrogen-bond acceptors (Lipinski definition) is 6. The molecule has 1 atom stereocenters. The summed E-state index contributed by atoms with van der Waals surface area (Å²) in [6, 6.07) is 4.40. The van der Waals surface area contributed by atoms with Gasteiger partial charge in [0.15, 0.2) is 21.9 Å². The monoisotopic (exact) mass is 339 g/mol. The molecule has 125 valence electrons. The minimum absolute atomic E-state index is 0.0171. The molecule has 1 heterocycles. The minimum atomic E-state index is -3.82. The lowest BCUT2D eigenvalue weighted by molar-refractivity contribution is -0.151. The fourth-order valence-electron chi connectivity index (χ4n) is 2.33. The molecule has 1 aliphatic rings. The van der Waals surface area contributed by atoms with Gasteiger partial charge < -0.3 is 9.47 Å². The zero-order chi connectivity index (χ0) is 17.3. The summed E-state index contributed by atoms with van der Waals surface area (Å²) in [6.07, 6.45) is 1.95. The number of carbonyl (C=O) groups is 1. The molecule has 1 aliphatic heterocycles. The van der Waals surface area contributed by atoms with Crippen molar-refractivity contribution in [2.24, 2.45) is 0 Å². The Morgan fingerprint density at radius 1 is 1.39 bits per heavy atom. The van der Waals surface area contributed by atoms with Crippen LogP contribution in [-0.2, 0) is 24.2 Å². The van der Waals surface area contributed by atoms with Crippen LogP contribution in [0.4, 0.5) is 0 Å². The van der Waals surface area contributed by atoms with Gasteiger partial charge in [-0.25, -0.2) is 8.42 Å². The van der Waals surface area contributed by atoms with Crippen LogP contribution in [0.3, 0.4) is 0 Å². The molecule has 2 rings (SSSR count). The summed E-state index contributed by atoms with van der Waals surface area (Å²) < 4.78 is 35.2. The second-order valence-corrected chi connectivity index (χ2v) is 8.39. The van der Waals surface area contributed by atoms with Gasteiger partial charge >= 0.3 is 5.97 Å². The molecule has 1 aromatic rings. The summed E-state index contributed by atoms with van der Waals surface area (Å²) >= 11 is 0. The average Bonchev–Trinajstić information content (AvgIpc) is 2.79. The molecule has 0 bridgehead atoms. The van der Waals surface area contributed by atoms with E-state index in [2.05, 4.69) is 0 Å². The molecule has 6 nitrogen and oxygen atoms in total. The maximum Gasteiger partial charge on any atom is 0.322 e. The lowest BCUT2D eigenvalue weighted by atomic mass is 9.99. The van der Waals surface area contributed by atoms with Crippen molar-refractivity contribution in [3.05, 3.63) is 23.8 Å². The highest BCUT2D eigenvalue weighted by Gasteiger charge is 2.29. The third-order valence-corrected chi connectivity index (χ3v) is 4.87. The quantitative estimate of drug-likeness (QED) is 0.760. The predicted octanol–water partition coefficient (Wildman–Crippen LogP) is 1.78. The van der Waals surface area contributed by atoms with E-state index in [-0.39, 0.29) is 17.2 Å². The Labute approximate surface area is 135 Å². The summed E-state index contributed by atoms with van der Waals surface area (Å²) in [4.78, 5) is 22.4. The fraction of sp³-hybridized carbons (Fsp3) is 0.500. The summed E-state index contributed by atoms with van der Waals surface area (Å²) in [5.74, 6) is -1.18. The Morgan fingerprint density at radius 2 is 2.09 bits per heavy atom. The zero-order valence-corrected chi connectivity index (χ0v) is 14.1. The number of esters is 1. The van der Waals surface area contributed by atoms with E-state index in [0.29, 0.717) is 17.9 Å². The molecule has 0 saturated carbocycles. The Hall–Kier alpha value is -1.89. The van der Waals surface area contributed by atoms with Crippen LogP contribution in [-0.4, -0.2) is 38.6 Å². The summed E-state index contributed by atoms with van der Waals surface area (Å²) in [5, 5.41) is 0. The highest BCUT2D eigenvalue weighted by molar-refractivity contribution is 7.92. The first kappa shape index (κ1) is 17.5. The van der Waals surface area contributed by atoms with Crippen LogP contribution in [0.25, 0.3) is 0 Å². The lowest BCUT2D eigenvalue weighted by Crippen LogP contribution is -2.28. The van der Waals surface area contributed by atoms with E-state index < -0.39 is 27.2 Å². The minimum Gasteiger partial charge on any atom is -0.493 e. The van der Waals surface area contributed by atoms with Gasteiger partial charge in [-0.2, -0.15) is 0 Å². The maximum atomic E-state index is 12.4. The number of fused-ring (bicyclic) bond motifs is 1. The molecule has 0 aliphatic carbocycles. The number of sulfone groups is 1. The van der Waals surface area contributed by atoms with Crippen LogP contribution in [0, 0.1) is 0 Å². The number of benzene rings is 1. The molecule has 0 aromatic heterocycles. The van der Waals surface area contributed by atoms with Crippen LogP contribution >= 0.6 is 0 Å². The van der Waals surface area contributed by atoms with Crippen LogP contribution in [0.15, 0.2) is 23.1 Å². The van der Waals surface area contributed by atoms with Crippen molar-refractivity contribution in [2.75, 3.05) is 12.4 Å². The molecule has 0 amide bonds. The van der Waals surface area contributed by atoms with Gasteiger partial charge in [0.1, 0.15) is 11.4 Å². The smallest absolute Gasteiger partial charge is 0.322 e. The molecule has 0 spiro atoms. The van der Waals surface area contributed by atoms with E-state index in [1.165, 1.54) is 12.1 Å². The SMILES string of the molecule is CC(C)(C)OC(=O)CS(=O)(=O)c1ccc2c(c1)C(C[C]=O)CO2. The molecule has 1 radical (unpaired) electrons. The van der Waals surface area contributed by atoms with Gasteiger partial charge in [0.25, 0.3) is 0 Å². The summed E-state index contributed by atoms with van der Waals surface area (Å²) in [5.41, 5.74) is -0.0953. The first-order valence-electron chi connectivity index (χ1n) is 7.19. The van der Waals surface area contributed by atoms with E-state index >= 15 is 0 Å². The molecule has 1 unspecified atom stereocenters. The second-order valence-electron chi connectivity index (χ2n) is 6.40. The van der Waals surface area contributed by atoms with Gasteiger partial charge in [-0.05, 0) is 39.0 Å². The Morgan fingerprint density at radius 3 is 2.70 bits per heavy atom. The Balaban J connectivity index is 2.23. The molecule has 0 fully saturated rings. The van der Waals surface area contributed by atoms with E-state index in [4.69, 9.17) is 9.47 Å². The molecule has 7 heteroatoms. The van der Waals surface area contributed by atoms with Crippen LogP contribution < -0.4 is 4.74 Å². The molecule has 0 saturated heterocycles. The van der Waals surface area contributed by atoms with Crippen LogP contribution in [0.1, 0.15) is 38.7 Å². The van der Waals surface area contributed by atoms with Crippen molar-refractivity contribution in [3.8, 4) is 5.75 Å². The normalized spacial score (nSPS) is 17.3. The summed E-state index contributed by atoms with van der Waals surface area (Å²) in [7, 11) is -3.82. The average molecular weight is 339 g/mol. The Bertz CT molecular complexity index is 715. The van der Waals surface area contributed by atoms with Gasteiger partial charge in [-0.15, -0.1) is 0 Å². The largest absolute Gasteiger partial charge is 0.493 e. The third kappa shape index (κ3) is 4.31. The number of rotatable bonds is 5. The highest BCUT2D eigenvalue weighted by atomic mass is 32.2. The molecule has 23 heavy (non-hydrogen) atoms. The van der Waals surface area contributed by atoms with Crippen molar-refractivity contribution in [1.29, 1.82) is 0 Å². The van der Waals surface area contributed by atoms with Crippen LogP contribution in [0.5, 0.6) is 5.75 Å². The van der Waals surface area contributed by atoms with E-state index in [9.17, 15) is 18.0 Å². The predicted molar refractivity (Wildman–Crippen MR) is 82.9 cm³/mol. The zero-order valence-electron chi connectivity index (χ0n) is 13.3. The van der Waals surface area contributed by atoms with Crippen LogP contribution in [0.2, 0.25) is 0 Å². The van der Waals surface area contributed by atoms with Crippen molar-refractivity contribution in [2.45, 2.75) is 43.6 Å². The second kappa shape index (κ2) is 6.31. The molecular formula is C16H19O6S. The van der Waals surface area contributed by atoms with Crippen molar-refractivity contribution in [1.82, 2.24) is 0 Å². The summed E-state index contributed by atoms with van der Waals surface area (Å²) in [6.45, 7) is 5.33. The van der Waals surface area contributed by atoms with Crippen molar-refractivity contribution < 1.29 is 27.5 Å². The van der Waals surface area contributed by atoms with E-state index in [0.717, 1.165) is 0 Å². The Kier molecular flexibility index (Phi) is 4.79. The molecule has 1 aromatic carbocycles. The van der Waals surface area contributed by atoms with E-state index in [1.54, 1.807) is 26.8 Å². The van der Waals surface area contributed by atoms with Gasteiger partial charge in [0, 0.05) is 17.9 Å². The maximum absolute atomic E-state index is 12.4. The molecule has 0 N–H and O–H groups in total. The van der Waals surface area contributed by atoms with Gasteiger partial charge in [-0.3, -0.25) is 9.59 Å². The lowest BCUT2D eigenvalue weighted by Gasteiger charge is -2.19. The topological polar surface area (TPSA) is 86.7 Å². The fourth-order valence-corrected chi connectivity index (χ4v) is 3.45. The first-order chi connectivity index (χ1) is 10.6. The van der Waals surface area contributed by atoms with Crippen molar-refractivity contribution in [3.63, 3.8) is 0 Å². The van der Waals surface area contributed by atoms with Gasteiger partial charge in [0.05, 0.1) is 11.5 Å². The first-order valence-corrected chi connectivity index (χ1v) is 8.84. The number of hydrogen-bond donors (Lipinski definition) is 0. The van der Waals surface area contributed by atoms with Gasteiger partial charge in [-0.1, -0.05) is 0 Å².